The van der Waals surface area contributed by atoms with Crippen LogP contribution in [0.1, 0.15) is 26.0 Å². The molecule has 0 radical (unpaired) electrons. The number of hydrogen-bond acceptors (Lipinski definition) is 11. The van der Waals surface area contributed by atoms with Gasteiger partial charge in [-0.05, 0) is 6.42 Å². The number of aliphatic hydroxyl groups is 2. The summed E-state index contributed by atoms with van der Waals surface area (Å²) in [6.45, 7) is 1.03. The number of ether oxygens (including phenoxy) is 1. The number of anilines is 1. The van der Waals surface area contributed by atoms with Gasteiger partial charge in [0.2, 0.25) is 11.9 Å². The number of nitrogens with one attached hydrogen (secondary N) is 2. The molecule has 6 N–H and O–H groups in total. The number of hydrogen-bond donors (Lipinski definition) is 5. The van der Waals surface area contributed by atoms with Crippen LogP contribution in [0, 0.1) is 0 Å². The minimum atomic E-state index is -4.41. The predicted octanol–water partition coefficient (Wildman–Crippen LogP) is -2.50. The number of carbonyl (C=O) groups is 1. The molecule has 160 valence electrons. The normalized spacial score (nSPS) is 24.8. The maximum absolute atomic E-state index is 11.9. The van der Waals surface area contributed by atoms with Gasteiger partial charge in [0.25, 0.3) is 5.56 Å². The second-order valence-corrected chi connectivity index (χ2v) is 7.68. The van der Waals surface area contributed by atoms with Crippen molar-refractivity contribution in [1.29, 1.82) is 0 Å². The Morgan fingerprint density at radius 3 is 2.86 bits per heavy atom. The highest BCUT2D eigenvalue weighted by Crippen LogP contribution is 2.31. The van der Waals surface area contributed by atoms with Crippen LogP contribution in [0.25, 0.3) is 11.2 Å². The lowest BCUT2D eigenvalue weighted by atomic mass is 10.1. The Hall–Kier alpha value is -2.59. The smallest absolute Gasteiger partial charge is 0.362 e. The van der Waals surface area contributed by atoms with Crippen LogP contribution in [0.2, 0.25) is 0 Å². The molecule has 2 aromatic heterocycles. The molecule has 2 aromatic rings. The molecule has 0 bridgehead atoms. The lowest BCUT2D eigenvalue weighted by molar-refractivity contribution is -0.119. The number of carbonyl (C=O) groups excluding carboxylic acids is 1. The van der Waals surface area contributed by atoms with Crippen LogP contribution in [-0.2, 0) is 24.0 Å². The first kappa shape index (κ1) is 21.1. The molecule has 1 fully saturated rings. The van der Waals surface area contributed by atoms with Crippen LogP contribution in [0.3, 0.4) is 0 Å². The van der Waals surface area contributed by atoms with E-state index in [-0.39, 0.29) is 23.5 Å². The second kappa shape index (κ2) is 8.03. The molecular weight excluding hydrogens is 412 g/mol. The van der Waals surface area contributed by atoms with Crippen LogP contribution in [-0.4, -0.2) is 69.0 Å². The van der Waals surface area contributed by atoms with Crippen LogP contribution >= 0.6 is 0 Å². The summed E-state index contributed by atoms with van der Waals surface area (Å²) in [5.41, 5.74) is 4.85. The Bertz CT molecular complexity index is 1070. The lowest BCUT2D eigenvalue weighted by Gasteiger charge is -2.16. The Kier molecular flexibility index (Phi) is 5.85. The minimum Gasteiger partial charge on any atom is -0.387 e. The van der Waals surface area contributed by atoms with Gasteiger partial charge in [-0.3, -0.25) is 23.3 Å². The fourth-order valence-electron chi connectivity index (χ4n) is 2.83. The summed E-state index contributed by atoms with van der Waals surface area (Å²) >= 11 is 0. The number of fused-ring (bicyclic) bond motifs is 1. The first-order valence-electron chi connectivity index (χ1n) is 8.57. The van der Waals surface area contributed by atoms with Crippen molar-refractivity contribution in [3.05, 3.63) is 16.7 Å². The third-order valence-electron chi connectivity index (χ3n) is 4.17. The summed E-state index contributed by atoms with van der Waals surface area (Å²) in [4.78, 5) is 33.4. The molecule has 1 unspecified atom stereocenters. The first-order chi connectivity index (χ1) is 13.6. The van der Waals surface area contributed by atoms with Crippen molar-refractivity contribution in [1.82, 2.24) is 24.2 Å². The van der Waals surface area contributed by atoms with Gasteiger partial charge in [0.1, 0.15) is 18.3 Å². The number of nitrogens with zero attached hydrogens (tertiary/aromatic N) is 3. The van der Waals surface area contributed by atoms with E-state index in [1.54, 1.807) is 11.6 Å². The van der Waals surface area contributed by atoms with Crippen molar-refractivity contribution >= 4 is 33.3 Å². The van der Waals surface area contributed by atoms with E-state index in [1.165, 1.54) is 4.57 Å². The quantitative estimate of drug-likeness (QED) is 0.308. The molecule has 0 aromatic carbocycles. The molecule has 0 aliphatic carbocycles. The second-order valence-electron chi connectivity index (χ2n) is 6.34. The lowest BCUT2D eigenvalue weighted by Crippen LogP contribution is -2.37. The van der Waals surface area contributed by atoms with Crippen molar-refractivity contribution in [2.45, 2.75) is 44.3 Å². The van der Waals surface area contributed by atoms with E-state index in [9.17, 15) is 28.2 Å². The van der Waals surface area contributed by atoms with E-state index in [0.29, 0.717) is 6.42 Å². The average molecular weight is 432 g/mol. The van der Waals surface area contributed by atoms with E-state index in [1.807, 2.05) is 0 Å². The Balaban J connectivity index is 1.74. The summed E-state index contributed by atoms with van der Waals surface area (Å²) in [7, 11) is -4.41. The van der Waals surface area contributed by atoms with Gasteiger partial charge >= 0.3 is 10.3 Å². The van der Waals surface area contributed by atoms with E-state index < -0.39 is 52.9 Å². The number of H-pyrrole nitrogens is 1. The van der Waals surface area contributed by atoms with Crippen molar-refractivity contribution in [3.8, 4) is 0 Å². The van der Waals surface area contributed by atoms with Crippen molar-refractivity contribution in [2.24, 2.45) is 0 Å². The predicted molar refractivity (Wildman–Crippen MR) is 96.4 cm³/mol. The zero-order valence-corrected chi connectivity index (χ0v) is 16.0. The van der Waals surface area contributed by atoms with Crippen molar-refractivity contribution < 1.29 is 32.3 Å². The summed E-state index contributed by atoms with van der Waals surface area (Å²) < 4.78 is 36.6. The van der Waals surface area contributed by atoms with Gasteiger partial charge in [-0.2, -0.15) is 13.4 Å². The van der Waals surface area contributed by atoms with Crippen molar-refractivity contribution in [3.63, 3.8) is 0 Å². The zero-order valence-electron chi connectivity index (χ0n) is 15.2. The summed E-state index contributed by atoms with van der Waals surface area (Å²) in [5.74, 6) is -0.928. The van der Waals surface area contributed by atoms with Gasteiger partial charge in [0.15, 0.2) is 17.4 Å². The molecule has 29 heavy (non-hydrogen) atoms. The SMILES string of the molecule is CCCC(=O)NS(=O)(=O)OC[C@H]1O[C@@H](n2cnc3c(=O)[nH]c(N)nc32)[C@@H](O)C1O. The molecular formula is C14H20N6O8S. The molecule has 1 amide bonds. The van der Waals surface area contributed by atoms with Crippen LogP contribution in [0.15, 0.2) is 11.1 Å². The highest BCUT2D eigenvalue weighted by molar-refractivity contribution is 7.85. The Labute approximate surface area is 163 Å². The summed E-state index contributed by atoms with van der Waals surface area (Å²) in [5, 5.41) is 20.5. The minimum absolute atomic E-state index is 0.00326. The maximum atomic E-state index is 11.9. The maximum Gasteiger partial charge on any atom is 0.362 e. The first-order valence-corrected chi connectivity index (χ1v) is 9.97. The number of imidazole rings is 1. The number of aromatic amines is 1. The third kappa shape index (κ3) is 4.38. The van der Waals surface area contributed by atoms with E-state index in [4.69, 9.17) is 10.5 Å². The number of nitrogens with two attached hydrogens (primary N) is 1. The van der Waals surface area contributed by atoms with E-state index in [2.05, 4.69) is 19.1 Å². The van der Waals surface area contributed by atoms with Gasteiger partial charge in [-0.25, -0.2) is 9.71 Å². The number of nitrogen functional groups attached to an aromatic ring is 1. The highest BCUT2D eigenvalue weighted by Gasteiger charge is 2.45. The molecule has 1 aliphatic heterocycles. The number of rotatable bonds is 7. The highest BCUT2D eigenvalue weighted by atomic mass is 32.2. The fourth-order valence-corrected chi connectivity index (χ4v) is 3.58. The van der Waals surface area contributed by atoms with E-state index in [0.717, 1.165) is 6.33 Å². The molecule has 1 saturated heterocycles. The van der Waals surface area contributed by atoms with Gasteiger partial charge in [-0.15, -0.1) is 0 Å². The summed E-state index contributed by atoms with van der Waals surface area (Å²) in [6, 6.07) is 0. The molecule has 15 heteroatoms. The van der Waals surface area contributed by atoms with Gasteiger partial charge in [-0.1, -0.05) is 6.92 Å². The van der Waals surface area contributed by atoms with Gasteiger partial charge in [0, 0.05) is 6.42 Å². The molecule has 4 atom stereocenters. The molecule has 0 spiro atoms. The van der Waals surface area contributed by atoms with Crippen LogP contribution < -0.4 is 16.0 Å². The molecule has 0 saturated carbocycles. The number of amides is 1. The topological polar surface area (TPSA) is 212 Å². The number of aromatic nitrogens is 4. The summed E-state index contributed by atoms with van der Waals surface area (Å²) in [6.07, 6.45) is -3.94. The third-order valence-corrected chi connectivity index (χ3v) is 5.09. The fraction of sp³-hybridized carbons (Fsp3) is 0.571. The van der Waals surface area contributed by atoms with Crippen molar-refractivity contribution in [2.75, 3.05) is 12.3 Å². The Morgan fingerprint density at radius 2 is 2.17 bits per heavy atom. The zero-order chi connectivity index (χ0) is 21.3. The number of aliphatic hydroxyl groups excluding tert-OH is 2. The standard InChI is InChI=1S/C14H20N6O8S/c1-2-3-7(21)19-29(25,26)27-4-6-9(22)10(23)13(28-6)20-5-16-8-11(20)17-14(15)18-12(8)24/h5-6,9-10,13,22-23H,2-4H2,1H3,(H,19,21)(H3,15,17,18,24)/t6-,9?,10+,13-/m1/s1. The van der Waals surface area contributed by atoms with Gasteiger partial charge in [0.05, 0.1) is 12.9 Å². The molecule has 3 rings (SSSR count). The molecule has 14 nitrogen and oxygen atoms in total. The van der Waals surface area contributed by atoms with Gasteiger partial charge < -0.3 is 20.7 Å². The monoisotopic (exact) mass is 432 g/mol. The largest absolute Gasteiger partial charge is 0.387 e. The average Bonchev–Trinajstić information content (AvgIpc) is 3.15. The molecule has 1 aliphatic rings. The van der Waals surface area contributed by atoms with E-state index >= 15 is 0 Å². The Morgan fingerprint density at radius 1 is 1.45 bits per heavy atom. The van der Waals surface area contributed by atoms with Crippen LogP contribution in [0.5, 0.6) is 0 Å². The van der Waals surface area contributed by atoms with Crippen LogP contribution in [0.4, 0.5) is 5.95 Å². The molecule has 3 heterocycles.